The Morgan fingerprint density at radius 1 is 1.12 bits per heavy atom. The number of nitrogens with one attached hydrogen (secondary N) is 1. The normalized spacial score (nSPS) is 32.4. The Balaban J connectivity index is 1.48. The van der Waals surface area contributed by atoms with Gasteiger partial charge in [-0.2, -0.15) is 0 Å². The van der Waals surface area contributed by atoms with Crippen LogP contribution in [0.3, 0.4) is 0 Å². The molecule has 2 bridgehead atoms. The number of piperidine rings is 1. The highest BCUT2D eigenvalue weighted by atomic mass is 16.2. The van der Waals surface area contributed by atoms with Crippen molar-refractivity contribution in [3.63, 3.8) is 0 Å². The number of likely N-dealkylation sites (tertiary alicyclic amines) is 1. The predicted octanol–water partition coefficient (Wildman–Crippen LogP) is 4.36. The van der Waals surface area contributed by atoms with Gasteiger partial charge in [0, 0.05) is 25.0 Å². The zero-order valence-electron chi connectivity index (χ0n) is 15.5. The van der Waals surface area contributed by atoms with E-state index < -0.39 is 0 Å². The topological polar surface area (TPSA) is 32.3 Å². The van der Waals surface area contributed by atoms with Crippen molar-refractivity contribution < 1.29 is 4.79 Å². The third-order valence-corrected chi connectivity index (χ3v) is 6.53. The van der Waals surface area contributed by atoms with Crippen molar-refractivity contribution in [3.8, 4) is 0 Å². The van der Waals surface area contributed by atoms with Crippen LogP contribution in [0.2, 0.25) is 0 Å². The van der Waals surface area contributed by atoms with Gasteiger partial charge in [0.1, 0.15) is 0 Å². The first kappa shape index (κ1) is 17.1. The minimum atomic E-state index is 0.285. The summed E-state index contributed by atoms with van der Waals surface area (Å²) in [5.41, 5.74) is 2.63. The second kappa shape index (κ2) is 7.49. The second-order valence-electron chi connectivity index (χ2n) is 8.55. The summed E-state index contributed by atoms with van der Waals surface area (Å²) in [6.07, 6.45) is 10.5. The third-order valence-electron chi connectivity index (χ3n) is 6.53. The fourth-order valence-electron chi connectivity index (χ4n) is 5.34. The van der Waals surface area contributed by atoms with Gasteiger partial charge in [-0.3, -0.25) is 4.79 Å². The van der Waals surface area contributed by atoms with Crippen molar-refractivity contribution in [3.05, 3.63) is 35.4 Å². The smallest absolute Gasteiger partial charge is 0.223 e. The molecule has 3 saturated heterocycles. The molecule has 3 heterocycles. The molecule has 1 amide bonds. The molecule has 1 aromatic rings. The van der Waals surface area contributed by atoms with E-state index in [0.29, 0.717) is 23.9 Å². The van der Waals surface area contributed by atoms with Crippen LogP contribution in [0.1, 0.15) is 75.0 Å². The van der Waals surface area contributed by atoms with Crippen LogP contribution < -0.4 is 5.32 Å². The standard InChI is InChI=1S/C22H32N2O/c1-16-6-5-7-18(12-16)21-8-3-2-4-11-24(21)22(25)15-17-13-19-9-10-20(14-17)23-19/h5-7,12,17,19-21,23H,2-4,8-11,13-15H2,1H3. The highest BCUT2D eigenvalue weighted by Gasteiger charge is 2.36. The first-order valence-corrected chi connectivity index (χ1v) is 10.3. The van der Waals surface area contributed by atoms with Crippen LogP contribution in [0.5, 0.6) is 0 Å². The zero-order chi connectivity index (χ0) is 17.2. The molecule has 1 N–H and O–H groups in total. The molecule has 3 atom stereocenters. The molecule has 3 nitrogen and oxygen atoms in total. The summed E-state index contributed by atoms with van der Waals surface area (Å²) in [6.45, 7) is 3.09. The van der Waals surface area contributed by atoms with Crippen molar-refractivity contribution in [2.75, 3.05) is 6.54 Å². The molecule has 4 rings (SSSR count). The van der Waals surface area contributed by atoms with Crippen molar-refractivity contribution in [2.24, 2.45) is 5.92 Å². The minimum absolute atomic E-state index is 0.285. The van der Waals surface area contributed by atoms with Crippen molar-refractivity contribution >= 4 is 5.91 Å². The number of rotatable bonds is 3. The van der Waals surface area contributed by atoms with Crippen LogP contribution in [0.4, 0.5) is 0 Å². The lowest BCUT2D eigenvalue weighted by Gasteiger charge is -2.34. The number of amides is 1. The van der Waals surface area contributed by atoms with Gasteiger partial charge in [0.15, 0.2) is 0 Å². The molecular weight excluding hydrogens is 308 g/mol. The molecule has 0 aromatic heterocycles. The van der Waals surface area contributed by atoms with Gasteiger partial charge in [0.05, 0.1) is 6.04 Å². The Kier molecular flexibility index (Phi) is 5.12. The van der Waals surface area contributed by atoms with E-state index in [1.54, 1.807) is 0 Å². The zero-order valence-corrected chi connectivity index (χ0v) is 15.5. The summed E-state index contributed by atoms with van der Waals surface area (Å²) < 4.78 is 0. The minimum Gasteiger partial charge on any atom is -0.336 e. The fraction of sp³-hybridized carbons (Fsp3) is 0.682. The predicted molar refractivity (Wildman–Crippen MR) is 101 cm³/mol. The Bertz CT molecular complexity index is 602. The summed E-state index contributed by atoms with van der Waals surface area (Å²) >= 11 is 0. The van der Waals surface area contributed by atoms with Crippen LogP contribution >= 0.6 is 0 Å². The van der Waals surface area contributed by atoms with Gasteiger partial charge in [-0.1, -0.05) is 42.7 Å². The first-order valence-electron chi connectivity index (χ1n) is 10.3. The summed E-state index contributed by atoms with van der Waals surface area (Å²) in [5, 5.41) is 3.70. The second-order valence-corrected chi connectivity index (χ2v) is 8.55. The highest BCUT2D eigenvalue weighted by molar-refractivity contribution is 5.77. The number of hydrogen-bond donors (Lipinski definition) is 1. The van der Waals surface area contributed by atoms with Crippen molar-refractivity contribution in [2.45, 2.75) is 82.8 Å². The lowest BCUT2D eigenvalue weighted by molar-refractivity contribution is -0.135. The van der Waals surface area contributed by atoms with Crippen LogP contribution in [-0.2, 0) is 4.79 Å². The molecule has 0 aliphatic carbocycles. The maximum absolute atomic E-state index is 13.2. The van der Waals surface area contributed by atoms with E-state index in [9.17, 15) is 4.79 Å². The summed E-state index contributed by atoms with van der Waals surface area (Å²) in [5.74, 6) is 0.993. The lowest BCUT2D eigenvalue weighted by Crippen LogP contribution is -2.41. The van der Waals surface area contributed by atoms with Gasteiger partial charge in [0.25, 0.3) is 0 Å². The van der Waals surface area contributed by atoms with Crippen LogP contribution in [-0.4, -0.2) is 29.4 Å². The molecule has 136 valence electrons. The third kappa shape index (κ3) is 3.92. The quantitative estimate of drug-likeness (QED) is 0.887. The van der Waals surface area contributed by atoms with Crippen LogP contribution in [0, 0.1) is 12.8 Å². The molecule has 25 heavy (non-hydrogen) atoms. The number of carbonyl (C=O) groups excluding carboxylic acids is 1. The number of aryl methyl sites for hydroxylation is 1. The van der Waals surface area contributed by atoms with Crippen LogP contribution in [0.25, 0.3) is 0 Å². The SMILES string of the molecule is Cc1cccc(C2CCCCCN2C(=O)CC2CC3CCC(C2)N3)c1. The van der Waals surface area contributed by atoms with Crippen molar-refractivity contribution in [1.82, 2.24) is 10.2 Å². The van der Waals surface area contributed by atoms with E-state index in [0.717, 1.165) is 25.8 Å². The van der Waals surface area contributed by atoms with E-state index in [2.05, 4.69) is 41.4 Å². The summed E-state index contributed by atoms with van der Waals surface area (Å²) in [4.78, 5) is 15.5. The van der Waals surface area contributed by atoms with Gasteiger partial charge >= 0.3 is 0 Å². The fourth-order valence-corrected chi connectivity index (χ4v) is 5.34. The molecule has 3 aliphatic heterocycles. The Morgan fingerprint density at radius 3 is 2.68 bits per heavy atom. The lowest BCUT2D eigenvalue weighted by atomic mass is 9.89. The van der Waals surface area contributed by atoms with Gasteiger partial charge in [-0.05, 0) is 56.9 Å². The number of fused-ring (bicyclic) bond motifs is 2. The monoisotopic (exact) mass is 340 g/mol. The maximum atomic E-state index is 13.2. The van der Waals surface area contributed by atoms with E-state index in [1.807, 2.05) is 0 Å². The summed E-state index contributed by atoms with van der Waals surface area (Å²) in [6, 6.07) is 10.4. The average Bonchev–Trinajstić information content (AvgIpc) is 2.81. The van der Waals surface area contributed by atoms with E-state index in [-0.39, 0.29) is 6.04 Å². The Morgan fingerprint density at radius 2 is 1.92 bits per heavy atom. The Hall–Kier alpha value is -1.35. The molecule has 0 radical (unpaired) electrons. The van der Waals surface area contributed by atoms with Crippen LogP contribution in [0.15, 0.2) is 24.3 Å². The maximum Gasteiger partial charge on any atom is 0.223 e. The van der Waals surface area contributed by atoms with Gasteiger partial charge in [-0.25, -0.2) is 0 Å². The van der Waals surface area contributed by atoms with Gasteiger partial charge in [-0.15, -0.1) is 0 Å². The molecular formula is C22H32N2O. The number of nitrogens with zero attached hydrogens (tertiary/aromatic N) is 1. The van der Waals surface area contributed by atoms with E-state index >= 15 is 0 Å². The summed E-state index contributed by atoms with van der Waals surface area (Å²) in [7, 11) is 0. The highest BCUT2D eigenvalue weighted by Crippen LogP contribution is 2.35. The molecule has 3 aliphatic rings. The Labute approximate surface area is 152 Å². The molecule has 1 aromatic carbocycles. The van der Waals surface area contributed by atoms with Gasteiger partial charge < -0.3 is 10.2 Å². The molecule has 0 saturated carbocycles. The molecule has 3 unspecified atom stereocenters. The number of carbonyl (C=O) groups is 1. The van der Waals surface area contributed by atoms with E-state index in [1.165, 1.54) is 49.7 Å². The molecule has 0 spiro atoms. The first-order chi connectivity index (χ1) is 12.2. The molecule has 3 heteroatoms. The largest absolute Gasteiger partial charge is 0.336 e. The number of hydrogen-bond acceptors (Lipinski definition) is 2. The molecule has 3 fully saturated rings. The van der Waals surface area contributed by atoms with Crippen molar-refractivity contribution in [1.29, 1.82) is 0 Å². The van der Waals surface area contributed by atoms with Gasteiger partial charge in [0.2, 0.25) is 5.91 Å². The number of benzene rings is 1. The average molecular weight is 341 g/mol. The van der Waals surface area contributed by atoms with E-state index in [4.69, 9.17) is 0 Å².